The Morgan fingerprint density at radius 1 is 1.28 bits per heavy atom. The van der Waals surface area contributed by atoms with Crippen LogP contribution >= 0.6 is 0 Å². The van der Waals surface area contributed by atoms with Gasteiger partial charge in [0.1, 0.15) is 11.6 Å². The minimum absolute atomic E-state index is 0.0121. The number of carboxylic acids is 1. The van der Waals surface area contributed by atoms with Crippen LogP contribution in [0.5, 0.6) is 0 Å². The summed E-state index contributed by atoms with van der Waals surface area (Å²) in [5.41, 5.74) is 1.32. The topological polar surface area (TPSA) is 78.9 Å². The number of hydrogen-bond donors (Lipinski definition) is 2. The molecular weight excluding hydrogens is 320 g/mol. The van der Waals surface area contributed by atoms with E-state index < -0.39 is 23.7 Å². The van der Waals surface area contributed by atoms with Crippen molar-refractivity contribution < 1.29 is 19.4 Å². The van der Waals surface area contributed by atoms with Crippen molar-refractivity contribution in [3.05, 3.63) is 35.4 Å². The van der Waals surface area contributed by atoms with Crippen molar-refractivity contribution in [2.45, 2.75) is 58.2 Å². The molecule has 0 bridgehead atoms. The first-order valence-electron chi connectivity index (χ1n) is 8.68. The van der Waals surface area contributed by atoms with E-state index in [1.165, 1.54) is 0 Å². The van der Waals surface area contributed by atoms with Gasteiger partial charge in [0.05, 0.1) is 0 Å². The molecule has 1 aromatic rings. The minimum Gasteiger partial charge on any atom is -0.480 e. The Morgan fingerprint density at radius 3 is 2.44 bits per heavy atom. The summed E-state index contributed by atoms with van der Waals surface area (Å²) in [6.07, 6.45) is 0.989. The zero-order valence-corrected chi connectivity index (χ0v) is 15.4. The van der Waals surface area contributed by atoms with Gasteiger partial charge in [-0.1, -0.05) is 29.8 Å². The van der Waals surface area contributed by atoms with E-state index >= 15 is 0 Å². The van der Waals surface area contributed by atoms with Crippen molar-refractivity contribution in [1.82, 2.24) is 10.2 Å². The van der Waals surface area contributed by atoms with Crippen LogP contribution in [0.2, 0.25) is 0 Å². The van der Waals surface area contributed by atoms with Crippen LogP contribution in [0, 0.1) is 6.92 Å². The highest BCUT2D eigenvalue weighted by Crippen LogP contribution is 2.26. The van der Waals surface area contributed by atoms with Gasteiger partial charge in [-0.2, -0.15) is 0 Å². The van der Waals surface area contributed by atoms with Gasteiger partial charge in [-0.25, -0.2) is 4.79 Å². The monoisotopic (exact) mass is 348 g/mol. The van der Waals surface area contributed by atoms with Gasteiger partial charge in [-0.05, 0) is 46.1 Å². The zero-order chi connectivity index (χ0) is 18.6. The lowest BCUT2D eigenvalue weighted by atomic mass is 9.98. The fourth-order valence-electron chi connectivity index (χ4n) is 3.13. The van der Waals surface area contributed by atoms with Crippen LogP contribution in [0.3, 0.4) is 0 Å². The van der Waals surface area contributed by atoms with E-state index in [1.807, 2.05) is 56.9 Å². The van der Waals surface area contributed by atoms with E-state index in [9.17, 15) is 14.7 Å². The molecule has 0 unspecified atom stereocenters. The molecule has 0 aromatic heterocycles. The molecule has 2 N–H and O–H groups in total. The number of piperidine rings is 1. The summed E-state index contributed by atoms with van der Waals surface area (Å²) < 4.78 is 5.28. The maximum absolute atomic E-state index is 11.9. The SMILES string of the molecule is Cc1cccc([C@H](C(=O)O)N2CCC(NC(=O)OC(C)(C)C)CC2)c1. The molecule has 1 saturated heterocycles. The third kappa shape index (κ3) is 5.74. The Balaban J connectivity index is 1.95. The van der Waals surface area contributed by atoms with Gasteiger partial charge in [-0.3, -0.25) is 9.69 Å². The number of ether oxygens (including phenoxy) is 1. The van der Waals surface area contributed by atoms with Crippen LogP contribution in [0.1, 0.15) is 50.8 Å². The molecule has 0 aliphatic carbocycles. The van der Waals surface area contributed by atoms with E-state index in [4.69, 9.17) is 4.74 Å². The van der Waals surface area contributed by atoms with Gasteiger partial charge in [0.15, 0.2) is 0 Å². The van der Waals surface area contributed by atoms with Crippen molar-refractivity contribution >= 4 is 12.1 Å². The summed E-state index contributed by atoms with van der Waals surface area (Å²) in [4.78, 5) is 25.6. The van der Waals surface area contributed by atoms with E-state index in [0.717, 1.165) is 11.1 Å². The molecule has 1 amide bonds. The average molecular weight is 348 g/mol. The predicted octanol–water partition coefficient (Wildman–Crippen LogP) is 3.11. The van der Waals surface area contributed by atoms with E-state index in [1.54, 1.807) is 0 Å². The normalized spacial score (nSPS) is 17.8. The molecule has 25 heavy (non-hydrogen) atoms. The van der Waals surface area contributed by atoms with Gasteiger partial charge in [-0.15, -0.1) is 0 Å². The summed E-state index contributed by atoms with van der Waals surface area (Å²) in [5.74, 6) is -0.843. The number of aryl methyl sites for hydroxylation is 1. The molecule has 2 rings (SSSR count). The van der Waals surface area contributed by atoms with Gasteiger partial charge in [0.2, 0.25) is 0 Å². The maximum Gasteiger partial charge on any atom is 0.407 e. The lowest BCUT2D eigenvalue weighted by Gasteiger charge is -2.36. The third-order valence-corrected chi connectivity index (χ3v) is 4.21. The number of amides is 1. The van der Waals surface area contributed by atoms with Crippen LogP contribution < -0.4 is 5.32 Å². The predicted molar refractivity (Wildman–Crippen MR) is 95.5 cm³/mol. The second-order valence-corrected chi connectivity index (χ2v) is 7.61. The first-order valence-corrected chi connectivity index (χ1v) is 8.68. The van der Waals surface area contributed by atoms with Gasteiger partial charge >= 0.3 is 12.1 Å². The van der Waals surface area contributed by atoms with Gasteiger partial charge < -0.3 is 15.2 Å². The molecule has 1 aromatic carbocycles. The third-order valence-electron chi connectivity index (χ3n) is 4.21. The number of benzene rings is 1. The fourth-order valence-corrected chi connectivity index (χ4v) is 3.13. The van der Waals surface area contributed by atoms with Crippen molar-refractivity contribution in [3.8, 4) is 0 Å². The van der Waals surface area contributed by atoms with E-state index in [-0.39, 0.29) is 6.04 Å². The smallest absolute Gasteiger partial charge is 0.407 e. The van der Waals surface area contributed by atoms with E-state index in [0.29, 0.717) is 25.9 Å². The largest absolute Gasteiger partial charge is 0.480 e. The molecule has 138 valence electrons. The highest BCUT2D eigenvalue weighted by molar-refractivity contribution is 5.75. The van der Waals surface area contributed by atoms with Crippen molar-refractivity contribution in [2.75, 3.05) is 13.1 Å². The summed E-state index contributed by atoms with van der Waals surface area (Å²) in [7, 11) is 0. The molecule has 1 aliphatic heterocycles. The molecule has 1 heterocycles. The molecule has 1 aliphatic rings. The fraction of sp³-hybridized carbons (Fsp3) is 0.579. The first-order chi connectivity index (χ1) is 11.7. The number of alkyl carbamates (subject to hydrolysis) is 1. The lowest BCUT2D eigenvalue weighted by molar-refractivity contribution is -0.144. The van der Waals surface area contributed by atoms with Gasteiger partial charge in [0, 0.05) is 19.1 Å². The van der Waals surface area contributed by atoms with Crippen LogP contribution in [-0.4, -0.2) is 46.8 Å². The summed E-state index contributed by atoms with van der Waals surface area (Å²) >= 11 is 0. The molecule has 0 radical (unpaired) electrons. The Hall–Kier alpha value is -2.08. The van der Waals surface area contributed by atoms with Crippen molar-refractivity contribution in [2.24, 2.45) is 0 Å². The second kappa shape index (κ2) is 7.87. The van der Waals surface area contributed by atoms with Crippen LogP contribution in [0.15, 0.2) is 24.3 Å². The zero-order valence-electron chi connectivity index (χ0n) is 15.4. The molecular formula is C19H28N2O4. The highest BCUT2D eigenvalue weighted by atomic mass is 16.6. The Bertz CT molecular complexity index is 616. The molecule has 0 saturated carbocycles. The molecule has 1 fully saturated rings. The number of nitrogens with one attached hydrogen (secondary N) is 1. The number of hydrogen-bond acceptors (Lipinski definition) is 4. The van der Waals surface area contributed by atoms with Crippen molar-refractivity contribution in [1.29, 1.82) is 0 Å². The Morgan fingerprint density at radius 2 is 1.92 bits per heavy atom. The summed E-state index contributed by atoms with van der Waals surface area (Å²) in [5, 5.41) is 12.6. The van der Waals surface area contributed by atoms with Crippen molar-refractivity contribution in [3.63, 3.8) is 0 Å². The second-order valence-electron chi connectivity index (χ2n) is 7.61. The molecule has 1 atom stereocenters. The number of likely N-dealkylation sites (tertiary alicyclic amines) is 1. The molecule has 6 nitrogen and oxygen atoms in total. The van der Waals surface area contributed by atoms with E-state index in [2.05, 4.69) is 5.32 Å². The van der Waals surface area contributed by atoms with Crippen LogP contribution in [0.25, 0.3) is 0 Å². The van der Waals surface area contributed by atoms with Gasteiger partial charge in [0.25, 0.3) is 0 Å². The number of aliphatic carboxylic acids is 1. The number of rotatable bonds is 4. The minimum atomic E-state index is -0.843. The van der Waals surface area contributed by atoms with Crippen LogP contribution in [0.4, 0.5) is 4.79 Å². The highest BCUT2D eigenvalue weighted by Gasteiger charge is 2.32. The summed E-state index contributed by atoms with van der Waals surface area (Å²) in [6.45, 7) is 8.67. The quantitative estimate of drug-likeness (QED) is 0.874. The van der Waals surface area contributed by atoms with Crippen LogP contribution in [-0.2, 0) is 9.53 Å². The molecule has 0 spiro atoms. The maximum atomic E-state index is 11.9. The number of nitrogens with zero attached hydrogens (tertiary/aromatic N) is 1. The average Bonchev–Trinajstić information content (AvgIpc) is 2.47. The molecule has 6 heteroatoms. The Labute approximate surface area is 149 Å². The number of carbonyl (C=O) groups is 2. The Kier molecular flexibility index (Phi) is 6.06. The standard InChI is InChI=1S/C19H28N2O4/c1-13-6-5-7-14(12-13)16(17(22)23)21-10-8-15(9-11-21)20-18(24)25-19(2,3)4/h5-7,12,15-16H,8-11H2,1-4H3,(H,20,24)(H,22,23)/t16-/m1/s1. The summed E-state index contributed by atoms with van der Waals surface area (Å²) in [6, 6.07) is 6.98. The first kappa shape index (κ1) is 19.2. The number of carboxylic acid groups (broad SMARTS) is 1. The number of carbonyl (C=O) groups excluding carboxylic acids is 1. The lowest BCUT2D eigenvalue weighted by Crippen LogP contribution is -2.48.